The van der Waals surface area contributed by atoms with Crippen molar-refractivity contribution in [1.82, 2.24) is 29.4 Å². The van der Waals surface area contributed by atoms with Crippen LogP contribution in [0.25, 0.3) is 5.69 Å². The second-order valence-electron chi connectivity index (χ2n) is 9.35. The number of aryl methyl sites for hydroxylation is 1. The van der Waals surface area contributed by atoms with Crippen LogP contribution in [0.15, 0.2) is 30.5 Å². The van der Waals surface area contributed by atoms with E-state index in [1.807, 2.05) is 36.1 Å². The fourth-order valence-electron chi connectivity index (χ4n) is 5.19. The number of benzene rings is 1. The van der Waals surface area contributed by atoms with Gasteiger partial charge in [0.15, 0.2) is 0 Å². The van der Waals surface area contributed by atoms with Crippen molar-refractivity contribution in [3.63, 3.8) is 0 Å². The van der Waals surface area contributed by atoms with Gasteiger partial charge in [-0.05, 0) is 63.8 Å². The third-order valence-electron chi connectivity index (χ3n) is 7.08. The number of nitrogens with zero attached hydrogens (tertiary/aromatic N) is 6. The zero-order chi connectivity index (χ0) is 24.4. The average molecular weight is 477 g/mol. The van der Waals surface area contributed by atoms with Crippen molar-refractivity contribution in [2.45, 2.75) is 64.8 Å². The topological polar surface area (TPSA) is 95.1 Å². The quantitative estimate of drug-likeness (QED) is 0.521. The Morgan fingerprint density at radius 3 is 2.69 bits per heavy atom. The Hall–Kier alpha value is -3.49. The number of amides is 1. The van der Waals surface area contributed by atoms with Gasteiger partial charge >= 0.3 is 5.97 Å². The summed E-state index contributed by atoms with van der Waals surface area (Å²) >= 11 is 0. The van der Waals surface area contributed by atoms with Gasteiger partial charge in [-0.3, -0.25) is 4.79 Å². The lowest BCUT2D eigenvalue weighted by Gasteiger charge is -2.32. The maximum atomic E-state index is 13.3. The molecular formula is C26H32N6O3. The molecule has 1 aromatic carbocycles. The summed E-state index contributed by atoms with van der Waals surface area (Å²) in [7, 11) is 0. The van der Waals surface area contributed by atoms with Gasteiger partial charge in [0.2, 0.25) is 0 Å². The first kappa shape index (κ1) is 23.3. The van der Waals surface area contributed by atoms with Gasteiger partial charge in [-0.1, -0.05) is 6.42 Å². The summed E-state index contributed by atoms with van der Waals surface area (Å²) in [5.74, 6) is 2.01. The fraction of sp³-hybridized carbons (Fsp3) is 0.500. The third-order valence-corrected chi connectivity index (χ3v) is 7.08. The maximum Gasteiger partial charge on any atom is 0.341 e. The molecule has 9 nitrogen and oxygen atoms in total. The van der Waals surface area contributed by atoms with Crippen LogP contribution in [0.4, 0.5) is 0 Å². The highest BCUT2D eigenvalue weighted by molar-refractivity contribution is 5.94. The van der Waals surface area contributed by atoms with Gasteiger partial charge in [0, 0.05) is 37.5 Å². The van der Waals surface area contributed by atoms with Crippen molar-refractivity contribution in [3.8, 4) is 5.69 Å². The minimum atomic E-state index is -0.382. The molecule has 3 aromatic rings. The first-order valence-corrected chi connectivity index (χ1v) is 12.6. The number of rotatable bonds is 5. The van der Waals surface area contributed by atoms with Crippen LogP contribution in [0.2, 0.25) is 0 Å². The lowest BCUT2D eigenvalue weighted by molar-refractivity contribution is 0.0525. The fourth-order valence-corrected chi connectivity index (χ4v) is 5.19. The summed E-state index contributed by atoms with van der Waals surface area (Å²) in [6.45, 7) is 6.32. The molecular weight excluding hydrogens is 444 g/mol. The number of piperidine rings is 1. The predicted octanol–water partition coefficient (Wildman–Crippen LogP) is 3.70. The number of fused-ring (bicyclic) bond motifs is 1. The van der Waals surface area contributed by atoms with Gasteiger partial charge in [0.1, 0.15) is 17.2 Å². The van der Waals surface area contributed by atoms with Crippen LogP contribution >= 0.6 is 0 Å². The number of likely N-dealkylation sites (tertiary alicyclic amines) is 1. The molecule has 0 radical (unpaired) electrons. The lowest BCUT2D eigenvalue weighted by Crippen LogP contribution is -2.39. The minimum Gasteiger partial charge on any atom is -0.462 e. The second kappa shape index (κ2) is 10.0. The molecule has 1 saturated heterocycles. The number of aromatic nitrogens is 5. The maximum absolute atomic E-state index is 13.3. The number of carbonyl (C=O) groups excluding carboxylic acids is 2. The van der Waals surface area contributed by atoms with Gasteiger partial charge in [0.25, 0.3) is 5.91 Å². The number of ether oxygens (including phenoxy) is 1. The standard InChI is InChI=1S/C26H32N6O3/c1-3-35-26(34)22-16-27-32(18(22)2)21-12-10-19(11-13-21)25(33)30-14-7-8-20(17-30)24-29-28-23-9-5-4-6-15-31(23)24/h10-13,16,20H,3-9,14-15,17H2,1-2H3. The molecule has 5 rings (SSSR count). The molecule has 1 amide bonds. The van der Waals surface area contributed by atoms with Crippen molar-refractivity contribution < 1.29 is 14.3 Å². The molecule has 0 saturated carbocycles. The monoisotopic (exact) mass is 476 g/mol. The largest absolute Gasteiger partial charge is 0.462 e. The summed E-state index contributed by atoms with van der Waals surface area (Å²) in [6, 6.07) is 7.38. The van der Waals surface area contributed by atoms with Crippen molar-refractivity contribution in [3.05, 3.63) is 58.9 Å². The van der Waals surface area contributed by atoms with Crippen LogP contribution < -0.4 is 0 Å². The van der Waals surface area contributed by atoms with Gasteiger partial charge in [0.05, 0.1) is 24.2 Å². The molecule has 2 aliphatic heterocycles. The van der Waals surface area contributed by atoms with Crippen LogP contribution in [0.3, 0.4) is 0 Å². The number of hydrogen-bond acceptors (Lipinski definition) is 6. The van der Waals surface area contributed by atoms with Crippen LogP contribution in [0.1, 0.15) is 83.0 Å². The van der Waals surface area contributed by atoms with Crippen molar-refractivity contribution in [2.24, 2.45) is 0 Å². The Labute approximate surface area is 205 Å². The summed E-state index contributed by atoms with van der Waals surface area (Å²) in [5.41, 5.74) is 2.58. The second-order valence-corrected chi connectivity index (χ2v) is 9.35. The van der Waals surface area contributed by atoms with Crippen LogP contribution in [-0.4, -0.2) is 61.0 Å². The molecule has 1 atom stereocenters. The molecule has 0 bridgehead atoms. The summed E-state index contributed by atoms with van der Waals surface area (Å²) in [6.07, 6.45) is 8.07. The normalized spacial score (nSPS) is 18.1. The zero-order valence-corrected chi connectivity index (χ0v) is 20.4. The SMILES string of the molecule is CCOC(=O)c1cnn(-c2ccc(C(=O)N3CCCC(c4nnc5n4CCCCC5)C3)cc2)c1C. The smallest absolute Gasteiger partial charge is 0.341 e. The first-order valence-electron chi connectivity index (χ1n) is 12.6. The van der Waals surface area contributed by atoms with Gasteiger partial charge in [-0.15, -0.1) is 10.2 Å². The summed E-state index contributed by atoms with van der Waals surface area (Å²) in [4.78, 5) is 27.4. The highest BCUT2D eigenvalue weighted by Crippen LogP contribution is 2.29. The summed E-state index contributed by atoms with van der Waals surface area (Å²) < 4.78 is 9.09. The number of carbonyl (C=O) groups is 2. The molecule has 9 heteroatoms. The van der Waals surface area contributed by atoms with Gasteiger partial charge < -0.3 is 14.2 Å². The number of hydrogen-bond donors (Lipinski definition) is 0. The average Bonchev–Trinajstić information content (AvgIpc) is 3.39. The van der Waals surface area contributed by atoms with Gasteiger partial charge in [-0.2, -0.15) is 5.10 Å². The molecule has 4 heterocycles. The Kier molecular flexibility index (Phi) is 6.66. The predicted molar refractivity (Wildman–Crippen MR) is 130 cm³/mol. The molecule has 0 spiro atoms. The zero-order valence-electron chi connectivity index (χ0n) is 20.4. The van der Waals surface area contributed by atoms with E-state index in [4.69, 9.17) is 4.74 Å². The first-order chi connectivity index (χ1) is 17.1. The van der Waals surface area contributed by atoms with E-state index in [0.717, 1.165) is 56.1 Å². The molecule has 0 N–H and O–H groups in total. The van der Waals surface area contributed by atoms with Crippen LogP contribution in [-0.2, 0) is 17.7 Å². The Balaban J connectivity index is 1.30. The molecule has 0 aliphatic carbocycles. The van der Waals surface area contributed by atoms with E-state index in [0.29, 0.717) is 30.0 Å². The highest BCUT2D eigenvalue weighted by atomic mass is 16.5. The Bertz CT molecular complexity index is 1210. The van der Waals surface area contributed by atoms with Crippen molar-refractivity contribution >= 4 is 11.9 Å². The van der Waals surface area contributed by atoms with Crippen molar-refractivity contribution in [1.29, 1.82) is 0 Å². The Morgan fingerprint density at radius 1 is 1.06 bits per heavy atom. The molecule has 184 valence electrons. The van der Waals surface area contributed by atoms with E-state index in [1.54, 1.807) is 11.6 Å². The minimum absolute atomic E-state index is 0.0289. The van der Waals surface area contributed by atoms with E-state index in [1.165, 1.54) is 19.0 Å². The summed E-state index contributed by atoms with van der Waals surface area (Å²) in [5, 5.41) is 13.3. The van der Waals surface area contributed by atoms with E-state index in [-0.39, 0.29) is 17.8 Å². The third kappa shape index (κ3) is 4.59. The molecule has 35 heavy (non-hydrogen) atoms. The molecule has 2 aliphatic rings. The molecule has 1 unspecified atom stereocenters. The Morgan fingerprint density at radius 2 is 1.89 bits per heavy atom. The van der Waals surface area contributed by atoms with Crippen LogP contribution in [0, 0.1) is 6.92 Å². The van der Waals surface area contributed by atoms with Gasteiger partial charge in [-0.25, -0.2) is 9.48 Å². The van der Waals surface area contributed by atoms with E-state index < -0.39 is 0 Å². The molecule has 2 aromatic heterocycles. The van der Waals surface area contributed by atoms with E-state index >= 15 is 0 Å². The van der Waals surface area contributed by atoms with Crippen molar-refractivity contribution in [2.75, 3.05) is 19.7 Å². The lowest BCUT2D eigenvalue weighted by atomic mass is 9.96. The van der Waals surface area contributed by atoms with E-state index in [2.05, 4.69) is 19.9 Å². The van der Waals surface area contributed by atoms with Crippen LogP contribution in [0.5, 0.6) is 0 Å². The number of esters is 1. The highest BCUT2D eigenvalue weighted by Gasteiger charge is 2.30. The van der Waals surface area contributed by atoms with E-state index in [9.17, 15) is 9.59 Å². The molecule has 1 fully saturated rings.